The maximum atomic E-state index is 13.3. The van der Waals surface area contributed by atoms with Crippen molar-refractivity contribution in [3.05, 3.63) is 17.6 Å². The first-order valence-corrected chi connectivity index (χ1v) is 6.35. The molecule has 3 rings (SSSR count). The molecule has 1 atom stereocenters. The second-order valence-corrected chi connectivity index (χ2v) is 4.91. The Bertz CT molecular complexity index is 511. The van der Waals surface area contributed by atoms with Gasteiger partial charge in [-0.25, -0.2) is 19.2 Å². The zero-order chi connectivity index (χ0) is 13.4. The van der Waals surface area contributed by atoms with Gasteiger partial charge in [0.05, 0.1) is 18.8 Å². The van der Waals surface area contributed by atoms with Crippen LogP contribution < -0.4 is 4.90 Å². The van der Waals surface area contributed by atoms with Gasteiger partial charge in [0.2, 0.25) is 0 Å². The van der Waals surface area contributed by atoms with Crippen LogP contribution in [-0.4, -0.2) is 51.9 Å². The van der Waals surface area contributed by atoms with Gasteiger partial charge in [-0.3, -0.25) is 0 Å². The monoisotopic (exact) mass is 266 g/mol. The molecule has 7 heteroatoms. The molecule has 0 unspecified atom stereocenters. The molecule has 19 heavy (non-hydrogen) atoms. The van der Waals surface area contributed by atoms with Crippen molar-refractivity contribution in [2.45, 2.75) is 25.6 Å². The van der Waals surface area contributed by atoms with Crippen LogP contribution in [0, 0.1) is 0 Å². The van der Waals surface area contributed by atoms with Gasteiger partial charge in [-0.2, -0.15) is 0 Å². The van der Waals surface area contributed by atoms with Crippen LogP contribution >= 0.6 is 0 Å². The van der Waals surface area contributed by atoms with E-state index < -0.39 is 12.3 Å². The summed E-state index contributed by atoms with van der Waals surface area (Å²) < 4.78 is 13.3. The minimum Gasteiger partial charge on any atom is -0.465 e. The fourth-order valence-electron chi connectivity index (χ4n) is 2.68. The molecule has 3 heterocycles. The van der Waals surface area contributed by atoms with Crippen molar-refractivity contribution in [2.24, 2.45) is 0 Å². The highest BCUT2D eigenvalue weighted by Gasteiger charge is 2.29. The summed E-state index contributed by atoms with van der Waals surface area (Å²) in [6.45, 7) is 1.75. The lowest BCUT2D eigenvalue weighted by atomic mass is 10.1. The van der Waals surface area contributed by atoms with Gasteiger partial charge in [0.25, 0.3) is 0 Å². The first kappa shape index (κ1) is 12.1. The third-order valence-electron chi connectivity index (χ3n) is 3.69. The largest absolute Gasteiger partial charge is 0.465 e. The van der Waals surface area contributed by atoms with Crippen molar-refractivity contribution >= 4 is 11.9 Å². The number of anilines is 1. The van der Waals surface area contributed by atoms with Crippen LogP contribution in [0.15, 0.2) is 6.33 Å². The lowest BCUT2D eigenvalue weighted by Crippen LogP contribution is -2.36. The van der Waals surface area contributed by atoms with Crippen LogP contribution in [-0.2, 0) is 13.0 Å². The maximum absolute atomic E-state index is 13.3. The molecule has 1 N–H and O–H groups in total. The number of alkyl halides is 1. The van der Waals surface area contributed by atoms with E-state index in [-0.39, 0.29) is 6.54 Å². The Labute approximate surface area is 109 Å². The molecule has 0 spiro atoms. The summed E-state index contributed by atoms with van der Waals surface area (Å²) in [6.07, 6.45) is 0.816. The number of hydrogen-bond donors (Lipinski definition) is 1. The van der Waals surface area contributed by atoms with E-state index in [4.69, 9.17) is 5.11 Å². The van der Waals surface area contributed by atoms with Crippen molar-refractivity contribution in [2.75, 3.05) is 24.5 Å². The molecule has 1 aromatic rings. The van der Waals surface area contributed by atoms with Crippen LogP contribution in [0.5, 0.6) is 0 Å². The third-order valence-corrected chi connectivity index (χ3v) is 3.69. The zero-order valence-corrected chi connectivity index (χ0v) is 10.4. The first-order chi connectivity index (χ1) is 9.15. The lowest BCUT2D eigenvalue weighted by Gasteiger charge is -2.28. The molecule has 0 aliphatic carbocycles. The molecule has 1 fully saturated rings. The van der Waals surface area contributed by atoms with Crippen molar-refractivity contribution < 1.29 is 14.3 Å². The molecule has 102 valence electrons. The van der Waals surface area contributed by atoms with Crippen LogP contribution in [0.4, 0.5) is 15.0 Å². The zero-order valence-electron chi connectivity index (χ0n) is 10.4. The predicted molar refractivity (Wildman–Crippen MR) is 65.9 cm³/mol. The number of carbonyl (C=O) groups is 1. The second kappa shape index (κ2) is 4.64. The summed E-state index contributed by atoms with van der Waals surface area (Å²) in [6, 6.07) is 0. The Kier molecular flexibility index (Phi) is 2.96. The minimum absolute atomic E-state index is 0.285. The third kappa shape index (κ3) is 2.20. The molecule has 2 aliphatic heterocycles. The molecule has 0 aromatic carbocycles. The summed E-state index contributed by atoms with van der Waals surface area (Å²) in [7, 11) is 0. The smallest absolute Gasteiger partial charge is 0.407 e. The number of rotatable bonds is 1. The highest BCUT2D eigenvalue weighted by molar-refractivity contribution is 5.66. The van der Waals surface area contributed by atoms with Crippen LogP contribution in [0.1, 0.15) is 17.7 Å². The van der Waals surface area contributed by atoms with Gasteiger partial charge in [0.1, 0.15) is 18.3 Å². The van der Waals surface area contributed by atoms with E-state index in [9.17, 15) is 9.18 Å². The number of amides is 1. The topological polar surface area (TPSA) is 69.6 Å². The number of halogens is 1. The van der Waals surface area contributed by atoms with E-state index in [0.29, 0.717) is 32.5 Å². The van der Waals surface area contributed by atoms with Gasteiger partial charge in [-0.1, -0.05) is 0 Å². The molecule has 1 saturated heterocycles. The summed E-state index contributed by atoms with van der Waals surface area (Å²) in [5.41, 5.74) is 1.70. The van der Waals surface area contributed by atoms with E-state index in [2.05, 4.69) is 9.97 Å². The molecule has 2 aliphatic rings. The van der Waals surface area contributed by atoms with Crippen LogP contribution in [0.2, 0.25) is 0 Å². The van der Waals surface area contributed by atoms with Crippen molar-refractivity contribution in [1.29, 1.82) is 0 Å². The fourth-order valence-corrected chi connectivity index (χ4v) is 2.68. The number of carboxylic acid groups (broad SMARTS) is 1. The van der Waals surface area contributed by atoms with Gasteiger partial charge in [-0.05, 0) is 12.8 Å². The average Bonchev–Trinajstić information content (AvgIpc) is 2.84. The SMILES string of the molecule is O=C(O)N1CCc2c(ncnc2N2CC[C@H](F)C2)C1. The second-order valence-electron chi connectivity index (χ2n) is 4.91. The molecule has 0 saturated carbocycles. The number of fused-ring (bicyclic) bond motifs is 1. The number of nitrogens with zero attached hydrogens (tertiary/aromatic N) is 4. The fraction of sp³-hybridized carbons (Fsp3) is 0.583. The predicted octanol–water partition coefficient (Wildman–Crippen LogP) is 1.06. The molecule has 6 nitrogen and oxygen atoms in total. The molecule has 0 bridgehead atoms. The van der Waals surface area contributed by atoms with E-state index in [1.54, 1.807) is 0 Å². The van der Waals surface area contributed by atoms with Crippen LogP contribution in [0.3, 0.4) is 0 Å². The standard InChI is InChI=1S/C12H15FN4O2/c13-8-1-3-16(5-8)11-9-2-4-17(12(18)19)6-10(9)14-7-15-11/h7-8H,1-6H2,(H,18,19)/t8-/m0/s1. The summed E-state index contributed by atoms with van der Waals surface area (Å²) in [5, 5.41) is 9.00. The Hall–Kier alpha value is -1.92. The van der Waals surface area contributed by atoms with E-state index in [0.717, 1.165) is 17.1 Å². The molecular formula is C12H15FN4O2. The molecule has 0 radical (unpaired) electrons. The number of hydrogen-bond acceptors (Lipinski definition) is 4. The highest BCUT2D eigenvalue weighted by atomic mass is 19.1. The summed E-state index contributed by atoms with van der Waals surface area (Å²) in [5.74, 6) is 0.773. The maximum Gasteiger partial charge on any atom is 0.407 e. The van der Waals surface area contributed by atoms with Crippen molar-refractivity contribution in [3.8, 4) is 0 Å². The summed E-state index contributed by atoms with van der Waals surface area (Å²) in [4.78, 5) is 22.7. The van der Waals surface area contributed by atoms with Gasteiger partial charge < -0.3 is 14.9 Å². The van der Waals surface area contributed by atoms with E-state index in [1.165, 1.54) is 11.2 Å². The van der Waals surface area contributed by atoms with E-state index >= 15 is 0 Å². The first-order valence-electron chi connectivity index (χ1n) is 6.35. The highest BCUT2D eigenvalue weighted by Crippen LogP contribution is 2.28. The molecule has 1 amide bonds. The Morgan fingerprint density at radius 1 is 1.42 bits per heavy atom. The normalized spacial score (nSPS) is 22.5. The number of aromatic nitrogens is 2. The van der Waals surface area contributed by atoms with E-state index in [1.807, 2.05) is 4.90 Å². The summed E-state index contributed by atoms with van der Waals surface area (Å²) >= 11 is 0. The van der Waals surface area contributed by atoms with Gasteiger partial charge in [0.15, 0.2) is 0 Å². The van der Waals surface area contributed by atoms with Gasteiger partial charge in [-0.15, -0.1) is 0 Å². The van der Waals surface area contributed by atoms with Crippen LogP contribution in [0.25, 0.3) is 0 Å². The lowest BCUT2D eigenvalue weighted by molar-refractivity contribution is 0.139. The minimum atomic E-state index is -0.934. The Balaban J connectivity index is 1.88. The molecule has 1 aromatic heterocycles. The Morgan fingerprint density at radius 3 is 2.95 bits per heavy atom. The van der Waals surface area contributed by atoms with Crippen molar-refractivity contribution in [3.63, 3.8) is 0 Å². The van der Waals surface area contributed by atoms with Gasteiger partial charge in [0, 0.05) is 18.7 Å². The molecular weight excluding hydrogens is 251 g/mol. The van der Waals surface area contributed by atoms with Crippen molar-refractivity contribution in [1.82, 2.24) is 14.9 Å². The van der Waals surface area contributed by atoms with Gasteiger partial charge >= 0.3 is 6.09 Å². The Morgan fingerprint density at radius 2 is 2.26 bits per heavy atom. The average molecular weight is 266 g/mol. The quantitative estimate of drug-likeness (QED) is 0.823.